The smallest absolute Gasteiger partial charge is 0.456 e. The molecular weight excluding hydrogens is 1100 g/mol. The Morgan fingerprint density at radius 2 is 0.619 bits per heavy atom. The van der Waals surface area contributed by atoms with Crippen LogP contribution in [-0.2, 0) is 0 Å². The van der Waals surface area contributed by atoms with Gasteiger partial charge in [0.25, 0.3) is 0 Å². The van der Waals surface area contributed by atoms with Gasteiger partial charge >= 0.3 is 7.12 Å². The van der Waals surface area contributed by atoms with E-state index in [4.69, 9.17) is 28.8 Å². The average Bonchev–Trinajstić information content (AvgIpc) is 4.34. The molecule has 8 nitrogen and oxygen atoms in total. The Hall–Kier alpha value is -10.4. The topological polar surface area (TPSA) is 118 Å². The molecule has 0 spiro atoms. The Morgan fingerprint density at radius 1 is 0.286 bits per heavy atom. The van der Waals surface area contributed by atoms with Gasteiger partial charge in [-0.05, 0) is 53.1 Å². The average molecular weight is 1150 g/mol. The van der Waals surface area contributed by atoms with Gasteiger partial charge in [-0.25, -0.2) is 19.9 Å². The molecule has 0 bridgehead atoms. The van der Waals surface area contributed by atoms with Crippen LogP contribution in [0.1, 0.15) is 0 Å². The molecule has 15 aromatic rings. The first-order valence-electron chi connectivity index (χ1n) is 27.5. The van der Waals surface area contributed by atoms with E-state index in [-0.39, 0.29) is 0 Å². The fourth-order valence-electron chi connectivity index (χ4n) is 10.4. The summed E-state index contributed by atoms with van der Waals surface area (Å²) < 4.78 is 13.0. The van der Waals surface area contributed by atoms with Crippen molar-refractivity contribution in [2.75, 3.05) is 0 Å². The Bertz CT molecular complexity index is 4680. The Morgan fingerprint density at radius 3 is 1.10 bits per heavy atom. The summed E-state index contributed by atoms with van der Waals surface area (Å²) in [6.07, 6.45) is 0. The molecule has 0 amide bonds. The van der Waals surface area contributed by atoms with E-state index in [2.05, 4.69) is 162 Å². The summed E-state index contributed by atoms with van der Waals surface area (Å²) in [6, 6.07) is 97.9. The second kappa shape index (κ2) is 24.0. The molecule has 4 aromatic heterocycles. The van der Waals surface area contributed by atoms with Gasteiger partial charge in [0, 0.05) is 70.4 Å². The summed E-state index contributed by atoms with van der Waals surface area (Å²) in [5, 5.41) is 22.6. The maximum absolute atomic E-state index is 9.24. The fraction of sp³-hybridized carbons (Fsp3) is 0. The zero-order valence-corrected chi connectivity index (χ0v) is 46.8. The first kappa shape index (κ1) is 53.0. The Kier molecular flexibility index (Phi) is 15.1. The summed E-state index contributed by atoms with van der Waals surface area (Å²) in [6.45, 7) is 0. The number of nitrogens with zero attached hydrogens (tertiary/aromatic N) is 4. The van der Waals surface area contributed by atoms with Gasteiger partial charge < -0.3 is 18.9 Å². The van der Waals surface area contributed by atoms with Crippen molar-refractivity contribution in [3.8, 4) is 90.1 Å². The zero-order chi connectivity index (χ0) is 56.8. The molecule has 0 aliphatic heterocycles. The van der Waals surface area contributed by atoms with E-state index in [1.54, 1.807) is 12.1 Å². The van der Waals surface area contributed by atoms with Gasteiger partial charge in [-0.3, -0.25) is 0 Å². The van der Waals surface area contributed by atoms with Crippen molar-refractivity contribution in [1.29, 1.82) is 0 Å². The summed E-state index contributed by atoms with van der Waals surface area (Å²) in [5.41, 5.74) is 17.9. The molecule has 2 N–H and O–H groups in total. The number of rotatable bonds is 9. The van der Waals surface area contributed by atoms with Crippen LogP contribution < -0.4 is 5.46 Å². The van der Waals surface area contributed by atoms with Crippen LogP contribution >= 0.6 is 15.9 Å². The highest BCUT2D eigenvalue weighted by Gasteiger charge is 2.19. The van der Waals surface area contributed by atoms with E-state index >= 15 is 0 Å². The fourth-order valence-corrected chi connectivity index (χ4v) is 10.6. The van der Waals surface area contributed by atoms with Crippen LogP contribution in [-0.4, -0.2) is 37.1 Å². The van der Waals surface area contributed by atoms with Crippen molar-refractivity contribution in [2.24, 2.45) is 0 Å². The first-order chi connectivity index (χ1) is 41.4. The molecule has 0 saturated heterocycles. The Balaban J connectivity index is 0.000000134. The van der Waals surface area contributed by atoms with Crippen LogP contribution in [0, 0.1) is 0 Å². The molecule has 10 heteroatoms. The van der Waals surface area contributed by atoms with Crippen molar-refractivity contribution < 1.29 is 18.9 Å². The van der Waals surface area contributed by atoms with E-state index in [0.717, 1.165) is 116 Å². The van der Waals surface area contributed by atoms with Gasteiger partial charge in [0.2, 0.25) is 0 Å². The third-order valence-electron chi connectivity index (χ3n) is 14.6. The zero-order valence-electron chi connectivity index (χ0n) is 45.2. The lowest BCUT2D eigenvalue weighted by molar-refractivity contribution is 0.425. The van der Waals surface area contributed by atoms with E-state index in [0.29, 0.717) is 16.9 Å². The number of para-hydroxylation sites is 4. The number of fused-ring (bicyclic) bond motifs is 6. The lowest BCUT2D eigenvalue weighted by atomic mass is 9.79. The van der Waals surface area contributed by atoms with Crippen molar-refractivity contribution in [2.45, 2.75) is 0 Å². The predicted molar refractivity (Wildman–Crippen MR) is 346 cm³/mol. The summed E-state index contributed by atoms with van der Waals surface area (Å²) in [4.78, 5) is 19.6. The van der Waals surface area contributed by atoms with Crippen LogP contribution in [0.4, 0.5) is 0 Å². The number of hydrogen-bond donors (Lipinski definition) is 2. The molecule has 0 radical (unpaired) electrons. The molecule has 4 heterocycles. The standard InChI is InChI=1S/C40H26N2O.C22H15BrN2.C12H9BO3/c1-3-10-27(11-4-1)28-18-22-30(23-19-28)36-26-37(42-40(41-36)32-12-5-2-6-13-32)31-24-20-29(21-25-31)33-15-9-16-35-34-14-7-8-17-38(34)43-39(33)35;23-19-13-11-17(12-14-19)21-15-20(16-7-3-1-4-8-16)24-22(25-21)18-9-5-2-6-10-18;14-13(15)10-6-3-5-9-8-4-1-2-7-11(8)16-12(9)10/h1-26H;1-15H;1-7,14-15H. The van der Waals surface area contributed by atoms with Crippen LogP contribution in [0.3, 0.4) is 0 Å². The number of furan rings is 2. The molecule has 84 heavy (non-hydrogen) atoms. The van der Waals surface area contributed by atoms with Crippen molar-refractivity contribution in [3.63, 3.8) is 0 Å². The van der Waals surface area contributed by atoms with Gasteiger partial charge in [-0.2, -0.15) is 0 Å². The molecule has 0 fully saturated rings. The second-order valence-corrected chi connectivity index (χ2v) is 20.9. The van der Waals surface area contributed by atoms with Crippen LogP contribution in [0.2, 0.25) is 0 Å². The minimum absolute atomic E-state index is 0.397. The quantitative estimate of drug-likeness (QED) is 0.137. The second-order valence-electron chi connectivity index (χ2n) is 20.0. The highest BCUT2D eigenvalue weighted by molar-refractivity contribution is 9.10. The lowest BCUT2D eigenvalue weighted by Gasteiger charge is -2.11. The molecule has 400 valence electrons. The van der Waals surface area contributed by atoms with E-state index in [1.165, 1.54) is 11.1 Å². The third kappa shape index (κ3) is 11.3. The molecule has 0 atom stereocenters. The number of halogens is 1. The van der Waals surface area contributed by atoms with Gasteiger partial charge in [-0.15, -0.1) is 0 Å². The predicted octanol–water partition coefficient (Wildman–Crippen LogP) is 18.2. The van der Waals surface area contributed by atoms with Crippen LogP contribution in [0.25, 0.3) is 134 Å². The van der Waals surface area contributed by atoms with E-state index in [1.807, 2.05) is 133 Å². The molecular formula is C74H50BBrN4O4. The first-order valence-corrected chi connectivity index (χ1v) is 28.3. The molecule has 11 aromatic carbocycles. The Labute approximate surface area is 494 Å². The summed E-state index contributed by atoms with van der Waals surface area (Å²) >= 11 is 3.49. The van der Waals surface area contributed by atoms with Crippen molar-refractivity contribution in [1.82, 2.24) is 19.9 Å². The summed E-state index contributed by atoms with van der Waals surface area (Å²) in [7, 11) is -1.51. The van der Waals surface area contributed by atoms with Gasteiger partial charge in [0.15, 0.2) is 11.6 Å². The molecule has 0 aliphatic carbocycles. The monoisotopic (exact) mass is 1150 g/mol. The minimum Gasteiger partial charge on any atom is -0.456 e. The molecule has 0 aliphatic rings. The maximum Gasteiger partial charge on any atom is 0.492 e. The van der Waals surface area contributed by atoms with Gasteiger partial charge in [0.1, 0.15) is 22.3 Å². The molecule has 0 saturated carbocycles. The number of benzene rings is 11. The van der Waals surface area contributed by atoms with Crippen LogP contribution in [0.5, 0.6) is 0 Å². The number of aromatic nitrogens is 4. The highest BCUT2D eigenvalue weighted by atomic mass is 79.9. The van der Waals surface area contributed by atoms with E-state index < -0.39 is 7.12 Å². The third-order valence-corrected chi connectivity index (χ3v) is 15.2. The van der Waals surface area contributed by atoms with Crippen molar-refractivity contribution in [3.05, 3.63) is 296 Å². The normalized spacial score (nSPS) is 11.0. The lowest BCUT2D eigenvalue weighted by Crippen LogP contribution is -2.29. The number of hydrogen-bond acceptors (Lipinski definition) is 8. The molecule has 15 rings (SSSR count). The SMILES string of the molecule is Brc1ccc(-c2cc(-c3ccccc3)nc(-c3ccccc3)n2)cc1.OB(O)c1cccc2c1oc1ccccc12.c1ccc(-c2ccc(-c3cc(-c4ccc(-c5cccc6c5oc5ccccc56)cc4)nc(-c4ccccc4)n3)cc2)cc1. The van der Waals surface area contributed by atoms with E-state index in [9.17, 15) is 10.0 Å². The van der Waals surface area contributed by atoms with Gasteiger partial charge in [0.05, 0.1) is 22.8 Å². The van der Waals surface area contributed by atoms with Gasteiger partial charge in [-0.1, -0.05) is 271 Å². The molecule has 0 unspecified atom stereocenters. The highest BCUT2D eigenvalue weighted by Crippen LogP contribution is 2.38. The minimum atomic E-state index is -1.51. The van der Waals surface area contributed by atoms with Crippen molar-refractivity contribution >= 4 is 72.4 Å². The summed E-state index contributed by atoms with van der Waals surface area (Å²) in [5.74, 6) is 1.44. The maximum atomic E-state index is 9.24. The largest absolute Gasteiger partial charge is 0.492 e. The van der Waals surface area contributed by atoms with Crippen LogP contribution in [0.15, 0.2) is 304 Å².